The zero-order valence-electron chi connectivity index (χ0n) is 7.56. The van der Waals surface area contributed by atoms with Crippen molar-refractivity contribution in [2.75, 3.05) is 0 Å². The molecule has 0 fully saturated rings. The van der Waals surface area contributed by atoms with Gasteiger partial charge >= 0.3 is 6.36 Å². The molecule has 82 valence electrons. The molecule has 0 saturated heterocycles. The van der Waals surface area contributed by atoms with Crippen LogP contribution in [0.15, 0.2) is 18.2 Å². The number of halogens is 4. The normalized spacial score (nSPS) is 11.3. The third-order valence-electron chi connectivity index (χ3n) is 1.55. The molecule has 0 atom stereocenters. The Labute approximate surface area is 82.5 Å². The number of benzene rings is 1. The van der Waals surface area contributed by atoms with Crippen LogP contribution in [-0.4, -0.2) is 12.1 Å². The Hall–Kier alpha value is -1.59. The van der Waals surface area contributed by atoms with Crippen molar-refractivity contribution < 1.29 is 27.1 Å². The summed E-state index contributed by atoms with van der Waals surface area (Å²) in [6.45, 7) is 1.03. The fourth-order valence-electron chi connectivity index (χ4n) is 0.991. The second kappa shape index (κ2) is 3.88. The number of carbonyl (C=O) groups is 1. The van der Waals surface area contributed by atoms with Crippen LogP contribution in [0.2, 0.25) is 0 Å². The van der Waals surface area contributed by atoms with Crippen LogP contribution in [0, 0.1) is 5.82 Å². The SMILES string of the molecule is CC(=O)c1cc(F)ccc1OC(F)(F)F. The molecule has 0 N–H and O–H groups in total. The standard InChI is InChI=1S/C9H6F4O2/c1-5(14)7-4-6(10)2-3-8(7)15-9(11,12)13/h2-4H,1H3. The van der Waals surface area contributed by atoms with Gasteiger partial charge in [-0.2, -0.15) is 0 Å². The number of ketones is 1. The van der Waals surface area contributed by atoms with E-state index in [1.807, 2.05) is 0 Å². The predicted molar refractivity (Wildman–Crippen MR) is 43.1 cm³/mol. The van der Waals surface area contributed by atoms with E-state index in [0.717, 1.165) is 19.1 Å². The highest BCUT2D eigenvalue weighted by Crippen LogP contribution is 2.27. The highest BCUT2D eigenvalue weighted by molar-refractivity contribution is 5.96. The number of ether oxygens (including phenoxy) is 1. The maximum absolute atomic E-state index is 12.7. The molecule has 0 aliphatic carbocycles. The molecular weight excluding hydrogens is 216 g/mol. The Balaban J connectivity index is 3.12. The van der Waals surface area contributed by atoms with Crippen molar-refractivity contribution in [3.8, 4) is 5.75 Å². The van der Waals surface area contributed by atoms with Crippen molar-refractivity contribution in [1.29, 1.82) is 0 Å². The molecule has 0 heterocycles. The smallest absolute Gasteiger partial charge is 0.405 e. The average Bonchev–Trinajstić information content (AvgIpc) is 2.05. The van der Waals surface area contributed by atoms with Gasteiger partial charge in [0, 0.05) is 0 Å². The first-order valence-electron chi connectivity index (χ1n) is 3.86. The summed E-state index contributed by atoms with van der Waals surface area (Å²) >= 11 is 0. The van der Waals surface area contributed by atoms with Gasteiger partial charge in [0.05, 0.1) is 5.56 Å². The summed E-state index contributed by atoms with van der Waals surface area (Å²) in [5, 5.41) is 0. The van der Waals surface area contributed by atoms with Crippen LogP contribution < -0.4 is 4.74 Å². The summed E-state index contributed by atoms with van der Waals surface area (Å²) in [7, 11) is 0. The quantitative estimate of drug-likeness (QED) is 0.568. The van der Waals surface area contributed by atoms with Gasteiger partial charge in [-0.15, -0.1) is 13.2 Å². The van der Waals surface area contributed by atoms with Gasteiger partial charge in [0.15, 0.2) is 5.78 Å². The second-order valence-electron chi connectivity index (χ2n) is 2.74. The van der Waals surface area contributed by atoms with Crippen molar-refractivity contribution in [2.45, 2.75) is 13.3 Å². The van der Waals surface area contributed by atoms with Crippen LogP contribution in [0.5, 0.6) is 5.75 Å². The lowest BCUT2D eigenvalue weighted by molar-refractivity contribution is -0.274. The molecule has 1 aromatic rings. The monoisotopic (exact) mass is 222 g/mol. The Morgan fingerprint density at radius 3 is 2.40 bits per heavy atom. The molecule has 15 heavy (non-hydrogen) atoms. The lowest BCUT2D eigenvalue weighted by Gasteiger charge is -2.11. The van der Waals surface area contributed by atoms with Gasteiger partial charge in [-0.25, -0.2) is 4.39 Å². The predicted octanol–water partition coefficient (Wildman–Crippen LogP) is 2.93. The highest BCUT2D eigenvalue weighted by Gasteiger charge is 2.32. The molecule has 2 nitrogen and oxygen atoms in total. The van der Waals surface area contributed by atoms with E-state index in [4.69, 9.17) is 0 Å². The van der Waals surface area contributed by atoms with E-state index >= 15 is 0 Å². The molecule has 1 aromatic carbocycles. The molecule has 0 saturated carbocycles. The number of hydrogen-bond acceptors (Lipinski definition) is 2. The van der Waals surface area contributed by atoms with Crippen LogP contribution in [0.3, 0.4) is 0 Å². The van der Waals surface area contributed by atoms with Gasteiger partial charge in [0.1, 0.15) is 11.6 Å². The Bertz CT molecular complexity index is 384. The largest absolute Gasteiger partial charge is 0.573 e. The molecule has 6 heteroatoms. The van der Waals surface area contributed by atoms with Crippen LogP contribution >= 0.6 is 0 Å². The van der Waals surface area contributed by atoms with Crippen molar-refractivity contribution in [3.05, 3.63) is 29.6 Å². The zero-order chi connectivity index (χ0) is 11.6. The highest BCUT2D eigenvalue weighted by atomic mass is 19.4. The second-order valence-corrected chi connectivity index (χ2v) is 2.74. The summed E-state index contributed by atoms with van der Waals surface area (Å²) in [5.41, 5.74) is -0.438. The fraction of sp³-hybridized carbons (Fsp3) is 0.222. The van der Waals surface area contributed by atoms with E-state index in [9.17, 15) is 22.4 Å². The van der Waals surface area contributed by atoms with Crippen LogP contribution in [0.25, 0.3) is 0 Å². The number of hydrogen-bond donors (Lipinski definition) is 0. The first kappa shape index (κ1) is 11.5. The number of rotatable bonds is 2. The minimum atomic E-state index is -4.90. The molecule has 0 bridgehead atoms. The molecule has 0 radical (unpaired) electrons. The van der Waals surface area contributed by atoms with Crippen molar-refractivity contribution in [2.24, 2.45) is 0 Å². The van der Waals surface area contributed by atoms with E-state index in [0.29, 0.717) is 6.07 Å². The van der Waals surface area contributed by atoms with Gasteiger partial charge in [0.2, 0.25) is 0 Å². The first-order valence-corrected chi connectivity index (χ1v) is 3.86. The third kappa shape index (κ3) is 3.23. The molecule has 0 unspecified atom stereocenters. The van der Waals surface area contributed by atoms with E-state index in [1.54, 1.807) is 0 Å². The van der Waals surface area contributed by atoms with Crippen molar-refractivity contribution >= 4 is 5.78 Å². The number of carbonyl (C=O) groups excluding carboxylic acids is 1. The molecule has 0 aliphatic rings. The minimum absolute atomic E-state index is 0.438. The average molecular weight is 222 g/mol. The van der Waals surface area contributed by atoms with Gasteiger partial charge in [-0.3, -0.25) is 4.79 Å². The zero-order valence-corrected chi connectivity index (χ0v) is 7.56. The fourth-order valence-corrected chi connectivity index (χ4v) is 0.991. The van der Waals surface area contributed by atoms with Crippen LogP contribution in [-0.2, 0) is 0 Å². The van der Waals surface area contributed by atoms with E-state index < -0.39 is 29.3 Å². The van der Waals surface area contributed by atoms with Crippen molar-refractivity contribution in [3.63, 3.8) is 0 Å². The molecule has 0 amide bonds. The molecule has 0 spiro atoms. The third-order valence-corrected chi connectivity index (χ3v) is 1.55. The first-order chi connectivity index (χ1) is 6.79. The number of Topliss-reactive ketones (excluding diaryl/α,β-unsaturated/α-hetero) is 1. The summed E-state index contributed by atoms with van der Waals surface area (Å²) in [6, 6.07) is 2.25. The van der Waals surface area contributed by atoms with E-state index in [2.05, 4.69) is 4.74 Å². The summed E-state index contributed by atoms with van der Waals surface area (Å²) in [5.74, 6) is -2.19. The van der Waals surface area contributed by atoms with Crippen LogP contribution in [0.1, 0.15) is 17.3 Å². The summed E-state index contributed by atoms with van der Waals surface area (Å²) < 4.78 is 51.8. The van der Waals surface area contributed by atoms with Gasteiger partial charge < -0.3 is 4.74 Å². The number of alkyl halides is 3. The Morgan fingerprint density at radius 2 is 1.93 bits per heavy atom. The topological polar surface area (TPSA) is 26.3 Å². The van der Waals surface area contributed by atoms with Crippen LogP contribution in [0.4, 0.5) is 17.6 Å². The van der Waals surface area contributed by atoms with E-state index in [-0.39, 0.29) is 0 Å². The lowest BCUT2D eigenvalue weighted by Crippen LogP contribution is -2.18. The van der Waals surface area contributed by atoms with Gasteiger partial charge in [-0.05, 0) is 25.1 Å². The molecule has 0 aliphatic heterocycles. The summed E-state index contributed by atoms with van der Waals surface area (Å²) in [4.78, 5) is 10.9. The van der Waals surface area contributed by atoms with Gasteiger partial charge in [-0.1, -0.05) is 0 Å². The Kier molecular flexibility index (Phi) is 2.97. The molecule has 0 aromatic heterocycles. The summed E-state index contributed by atoms with van der Waals surface area (Å²) in [6.07, 6.45) is -4.90. The maximum atomic E-state index is 12.7. The maximum Gasteiger partial charge on any atom is 0.573 e. The lowest BCUT2D eigenvalue weighted by atomic mass is 10.1. The van der Waals surface area contributed by atoms with Gasteiger partial charge in [0.25, 0.3) is 0 Å². The molecular formula is C9H6F4O2. The van der Waals surface area contributed by atoms with E-state index in [1.165, 1.54) is 0 Å². The minimum Gasteiger partial charge on any atom is -0.405 e. The van der Waals surface area contributed by atoms with Crippen molar-refractivity contribution in [1.82, 2.24) is 0 Å². The molecule has 1 rings (SSSR count). The Morgan fingerprint density at radius 1 is 1.33 bits per heavy atom.